The van der Waals surface area contributed by atoms with Gasteiger partial charge in [-0.25, -0.2) is 0 Å². The number of para-hydroxylation sites is 1. The molecule has 2 aromatic heterocycles. The number of amides is 2. The number of anilines is 1. The van der Waals surface area contributed by atoms with Gasteiger partial charge in [0.15, 0.2) is 0 Å². The number of carbonyl (C=O) groups is 2. The number of aromatic nitrogens is 1. The van der Waals surface area contributed by atoms with E-state index in [0.29, 0.717) is 6.54 Å². The van der Waals surface area contributed by atoms with Crippen LogP contribution in [0.3, 0.4) is 0 Å². The van der Waals surface area contributed by atoms with Gasteiger partial charge in [-0.3, -0.25) is 14.6 Å². The molecule has 2 amide bonds. The Morgan fingerprint density at radius 2 is 1.93 bits per heavy atom. The van der Waals surface area contributed by atoms with Gasteiger partial charge in [-0.2, -0.15) is 0 Å². The van der Waals surface area contributed by atoms with Crippen molar-refractivity contribution < 1.29 is 9.59 Å². The van der Waals surface area contributed by atoms with Crippen molar-refractivity contribution in [3.8, 4) is 0 Å². The zero-order chi connectivity index (χ0) is 20.1. The third kappa shape index (κ3) is 4.46. The summed E-state index contributed by atoms with van der Waals surface area (Å²) >= 11 is 1.66. The van der Waals surface area contributed by atoms with Crippen LogP contribution in [-0.4, -0.2) is 29.9 Å². The molecule has 1 aromatic carbocycles. The van der Waals surface area contributed by atoms with Crippen LogP contribution < -0.4 is 15.5 Å². The molecule has 6 nitrogen and oxygen atoms in total. The van der Waals surface area contributed by atoms with Crippen molar-refractivity contribution in [1.29, 1.82) is 0 Å². The van der Waals surface area contributed by atoms with E-state index in [2.05, 4.69) is 44.8 Å². The fourth-order valence-corrected chi connectivity index (χ4v) is 4.41. The van der Waals surface area contributed by atoms with Crippen LogP contribution in [-0.2, 0) is 22.6 Å². The molecular formula is C22H22N4O2S. The Morgan fingerprint density at radius 1 is 1.07 bits per heavy atom. The molecule has 0 aliphatic carbocycles. The Labute approximate surface area is 173 Å². The lowest BCUT2D eigenvalue weighted by Crippen LogP contribution is -2.43. The molecule has 0 spiro atoms. The van der Waals surface area contributed by atoms with E-state index in [-0.39, 0.29) is 12.6 Å². The van der Waals surface area contributed by atoms with Gasteiger partial charge in [0.1, 0.15) is 0 Å². The highest BCUT2D eigenvalue weighted by Gasteiger charge is 2.28. The standard InChI is InChI=1S/C22H22N4O2S/c27-21(24-14-16-5-3-10-23-13-16)22(28)25-15-19(20-8-4-12-29-20)26-11-9-17-6-1-2-7-18(17)26/h1-8,10,12-13,19H,9,11,14-15H2,(H,24,27)(H,25,28)/t19-/m0/s1. The number of thiophene rings is 1. The largest absolute Gasteiger partial charge is 0.361 e. The number of fused-ring (bicyclic) bond motifs is 1. The average molecular weight is 407 g/mol. The van der Waals surface area contributed by atoms with E-state index >= 15 is 0 Å². The maximum Gasteiger partial charge on any atom is 0.309 e. The summed E-state index contributed by atoms with van der Waals surface area (Å²) in [5.74, 6) is -1.26. The Balaban J connectivity index is 1.40. The van der Waals surface area contributed by atoms with Gasteiger partial charge in [0.25, 0.3) is 0 Å². The van der Waals surface area contributed by atoms with Gasteiger partial charge in [-0.05, 0) is 41.1 Å². The molecule has 2 N–H and O–H groups in total. The van der Waals surface area contributed by atoms with Gasteiger partial charge in [-0.15, -0.1) is 11.3 Å². The van der Waals surface area contributed by atoms with Crippen molar-refractivity contribution in [3.05, 3.63) is 82.3 Å². The Bertz CT molecular complexity index is 975. The first kappa shape index (κ1) is 19.1. The lowest BCUT2D eigenvalue weighted by atomic mass is 10.1. The molecule has 3 heterocycles. The quantitative estimate of drug-likeness (QED) is 0.618. The summed E-state index contributed by atoms with van der Waals surface area (Å²) in [7, 11) is 0. The highest BCUT2D eigenvalue weighted by Crippen LogP contribution is 2.36. The molecular weight excluding hydrogens is 384 g/mol. The third-order valence-electron chi connectivity index (χ3n) is 5.01. The minimum absolute atomic E-state index is 0.00581. The molecule has 0 saturated carbocycles. The average Bonchev–Trinajstić information content (AvgIpc) is 3.44. The van der Waals surface area contributed by atoms with Crippen LogP contribution in [0.15, 0.2) is 66.3 Å². The van der Waals surface area contributed by atoms with Crippen LogP contribution in [0.5, 0.6) is 0 Å². The minimum atomic E-state index is -0.638. The summed E-state index contributed by atoms with van der Waals surface area (Å²) < 4.78 is 0. The van der Waals surface area contributed by atoms with Gasteiger partial charge in [0, 0.05) is 42.6 Å². The van der Waals surface area contributed by atoms with Crippen molar-refractivity contribution in [2.75, 3.05) is 18.0 Å². The number of carbonyl (C=O) groups excluding carboxylic acids is 2. The number of hydrogen-bond acceptors (Lipinski definition) is 5. The summed E-state index contributed by atoms with van der Waals surface area (Å²) in [6.45, 7) is 1.53. The van der Waals surface area contributed by atoms with Crippen molar-refractivity contribution >= 4 is 28.8 Å². The summed E-state index contributed by atoms with van der Waals surface area (Å²) in [5.41, 5.74) is 3.36. The first-order chi connectivity index (χ1) is 14.2. The number of nitrogens with one attached hydrogen (secondary N) is 2. The third-order valence-corrected chi connectivity index (χ3v) is 5.98. The van der Waals surface area contributed by atoms with Crippen LogP contribution in [0, 0.1) is 0 Å². The second-order valence-electron chi connectivity index (χ2n) is 6.86. The molecule has 1 aliphatic heterocycles. The van der Waals surface area contributed by atoms with Gasteiger partial charge in [0.05, 0.1) is 6.04 Å². The fourth-order valence-electron chi connectivity index (χ4n) is 3.57. The molecule has 4 rings (SSSR count). The highest BCUT2D eigenvalue weighted by molar-refractivity contribution is 7.10. The van der Waals surface area contributed by atoms with E-state index in [1.165, 1.54) is 11.3 Å². The van der Waals surface area contributed by atoms with Crippen LogP contribution in [0.1, 0.15) is 22.0 Å². The maximum absolute atomic E-state index is 12.3. The Morgan fingerprint density at radius 3 is 2.72 bits per heavy atom. The predicted molar refractivity (Wildman–Crippen MR) is 114 cm³/mol. The zero-order valence-electron chi connectivity index (χ0n) is 15.9. The maximum atomic E-state index is 12.3. The van der Waals surface area contributed by atoms with E-state index in [0.717, 1.165) is 23.4 Å². The van der Waals surface area contributed by atoms with E-state index in [4.69, 9.17) is 0 Å². The lowest BCUT2D eigenvalue weighted by molar-refractivity contribution is -0.139. The van der Waals surface area contributed by atoms with E-state index in [1.807, 2.05) is 23.6 Å². The van der Waals surface area contributed by atoms with E-state index in [1.54, 1.807) is 29.8 Å². The van der Waals surface area contributed by atoms with Crippen LogP contribution in [0.2, 0.25) is 0 Å². The fraction of sp³-hybridized carbons (Fsp3) is 0.227. The van der Waals surface area contributed by atoms with Crippen LogP contribution in [0.25, 0.3) is 0 Å². The SMILES string of the molecule is O=C(NCc1cccnc1)C(=O)NC[C@@H](c1cccs1)N1CCc2ccccc21. The second-order valence-corrected chi connectivity index (χ2v) is 7.84. The summed E-state index contributed by atoms with van der Waals surface area (Å²) in [5, 5.41) is 7.49. The normalized spacial score (nSPS) is 13.6. The van der Waals surface area contributed by atoms with Crippen molar-refractivity contribution in [1.82, 2.24) is 15.6 Å². The van der Waals surface area contributed by atoms with E-state index < -0.39 is 11.8 Å². The van der Waals surface area contributed by atoms with Gasteiger partial charge >= 0.3 is 11.8 Å². The predicted octanol–water partition coefficient (Wildman–Crippen LogP) is 2.68. The molecule has 1 atom stereocenters. The number of benzene rings is 1. The number of pyridine rings is 1. The zero-order valence-corrected chi connectivity index (χ0v) is 16.7. The molecule has 0 unspecified atom stereocenters. The second kappa shape index (κ2) is 8.87. The van der Waals surface area contributed by atoms with Crippen molar-refractivity contribution in [2.45, 2.75) is 19.0 Å². The highest BCUT2D eigenvalue weighted by atomic mass is 32.1. The molecule has 0 fully saturated rings. The van der Waals surface area contributed by atoms with E-state index in [9.17, 15) is 9.59 Å². The summed E-state index contributed by atoms with van der Waals surface area (Å²) in [6.07, 6.45) is 4.31. The minimum Gasteiger partial charge on any atom is -0.361 e. The Kier molecular flexibility index (Phi) is 5.86. The van der Waals surface area contributed by atoms with Gasteiger partial charge < -0.3 is 15.5 Å². The number of hydrogen-bond donors (Lipinski definition) is 2. The van der Waals surface area contributed by atoms with Crippen LogP contribution in [0.4, 0.5) is 5.69 Å². The molecule has 0 radical (unpaired) electrons. The Hall–Kier alpha value is -3.19. The topological polar surface area (TPSA) is 74.3 Å². The summed E-state index contributed by atoms with van der Waals surface area (Å²) in [4.78, 5) is 32.0. The van der Waals surface area contributed by atoms with Crippen LogP contribution >= 0.6 is 11.3 Å². The van der Waals surface area contributed by atoms with Crippen molar-refractivity contribution in [3.63, 3.8) is 0 Å². The van der Waals surface area contributed by atoms with Gasteiger partial charge in [0.2, 0.25) is 0 Å². The first-order valence-corrected chi connectivity index (χ1v) is 10.4. The molecule has 29 heavy (non-hydrogen) atoms. The molecule has 1 aliphatic rings. The number of nitrogens with zero attached hydrogens (tertiary/aromatic N) is 2. The molecule has 7 heteroatoms. The molecule has 3 aromatic rings. The monoisotopic (exact) mass is 406 g/mol. The first-order valence-electron chi connectivity index (χ1n) is 9.55. The molecule has 148 valence electrons. The number of rotatable bonds is 6. The molecule has 0 saturated heterocycles. The lowest BCUT2D eigenvalue weighted by Gasteiger charge is -2.30. The summed E-state index contributed by atoms with van der Waals surface area (Å²) in [6, 6.07) is 16.1. The molecule has 0 bridgehead atoms. The smallest absolute Gasteiger partial charge is 0.309 e. The van der Waals surface area contributed by atoms with Crippen molar-refractivity contribution in [2.24, 2.45) is 0 Å². The van der Waals surface area contributed by atoms with Gasteiger partial charge in [-0.1, -0.05) is 30.3 Å².